The molecule has 0 saturated carbocycles. The van der Waals surface area contributed by atoms with Gasteiger partial charge in [0.1, 0.15) is 18.3 Å². The second kappa shape index (κ2) is 12.9. The highest BCUT2D eigenvalue weighted by molar-refractivity contribution is 6.30. The molecule has 0 bridgehead atoms. The lowest BCUT2D eigenvalue weighted by molar-refractivity contribution is -0.139. The van der Waals surface area contributed by atoms with E-state index >= 15 is 0 Å². The van der Waals surface area contributed by atoms with E-state index in [9.17, 15) is 19.5 Å². The fraction of sp³-hybridized carbons (Fsp3) is 0.320. The van der Waals surface area contributed by atoms with Gasteiger partial charge in [-0.25, -0.2) is 0 Å². The van der Waals surface area contributed by atoms with Crippen LogP contribution in [0, 0.1) is 6.92 Å². The van der Waals surface area contributed by atoms with Gasteiger partial charge in [0.15, 0.2) is 5.78 Å². The first-order valence-corrected chi connectivity index (χ1v) is 11.4. The average molecular weight is 504 g/mol. The van der Waals surface area contributed by atoms with Crippen LogP contribution in [0.25, 0.3) is 10.9 Å². The average Bonchev–Trinajstić information content (AvgIpc) is 3.09. The molecule has 1 unspecified atom stereocenters. The van der Waals surface area contributed by atoms with E-state index in [0.717, 1.165) is 12.8 Å². The van der Waals surface area contributed by atoms with Gasteiger partial charge in [-0.3, -0.25) is 14.4 Å². The molecule has 0 amide bonds. The standard InChI is InChI=1S/C19H16ClNO4.C6H14N2O2/c1-11-18(19(24)12-3-5-13(20)6-4-12)15-8-7-14(25-2)9-16(15)21(11)10-17(22)23;7-4-2-1-3-5(8)6(9)10/h3-9H,10H2,1-2H3,(H,22,23);5H,1-4,7-8H2,(H,9,10). The van der Waals surface area contributed by atoms with Gasteiger partial charge >= 0.3 is 11.9 Å². The van der Waals surface area contributed by atoms with Gasteiger partial charge < -0.3 is 31.0 Å². The fourth-order valence-corrected chi connectivity index (χ4v) is 3.71. The lowest BCUT2D eigenvalue weighted by Crippen LogP contribution is -2.29. The third-order valence-electron chi connectivity index (χ3n) is 5.45. The van der Waals surface area contributed by atoms with Crippen molar-refractivity contribution in [3.63, 3.8) is 0 Å². The van der Waals surface area contributed by atoms with Gasteiger partial charge in [0, 0.05) is 27.7 Å². The maximum absolute atomic E-state index is 13.0. The monoisotopic (exact) mass is 503 g/mol. The van der Waals surface area contributed by atoms with Crippen molar-refractivity contribution >= 4 is 40.2 Å². The molecule has 1 heterocycles. The second-order valence-electron chi connectivity index (χ2n) is 7.89. The van der Waals surface area contributed by atoms with Crippen molar-refractivity contribution in [3.05, 3.63) is 64.3 Å². The summed E-state index contributed by atoms with van der Waals surface area (Å²) in [7, 11) is 1.54. The number of ketones is 1. The maximum Gasteiger partial charge on any atom is 0.323 e. The largest absolute Gasteiger partial charge is 0.497 e. The fourth-order valence-electron chi connectivity index (χ4n) is 3.59. The number of ether oxygens (including phenoxy) is 1. The molecule has 0 spiro atoms. The van der Waals surface area contributed by atoms with Gasteiger partial charge in [-0.2, -0.15) is 0 Å². The number of carbonyl (C=O) groups excluding carboxylic acids is 1. The zero-order valence-corrected chi connectivity index (χ0v) is 20.4. The van der Waals surface area contributed by atoms with Crippen molar-refractivity contribution in [1.82, 2.24) is 4.57 Å². The van der Waals surface area contributed by atoms with Crippen LogP contribution in [-0.4, -0.2) is 52.2 Å². The number of aliphatic carboxylic acids is 2. The molecule has 188 valence electrons. The number of methoxy groups -OCH3 is 1. The normalized spacial score (nSPS) is 11.5. The molecule has 1 atom stereocenters. The number of carbonyl (C=O) groups is 3. The van der Waals surface area contributed by atoms with E-state index < -0.39 is 18.0 Å². The Hall–Kier alpha value is -3.40. The number of unbranched alkanes of at least 4 members (excludes halogenated alkanes) is 1. The van der Waals surface area contributed by atoms with E-state index in [-0.39, 0.29) is 12.3 Å². The Morgan fingerprint density at radius 2 is 1.74 bits per heavy atom. The molecule has 1 aromatic heterocycles. The minimum atomic E-state index is -0.978. The zero-order chi connectivity index (χ0) is 26.1. The summed E-state index contributed by atoms with van der Waals surface area (Å²) in [4.78, 5) is 34.4. The third kappa shape index (κ3) is 7.29. The Morgan fingerprint density at radius 3 is 2.29 bits per heavy atom. The van der Waals surface area contributed by atoms with Gasteiger partial charge in [0.2, 0.25) is 0 Å². The van der Waals surface area contributed by atoms with Crippen molar-refractivity contribution in [2.75, 3.05) is 13.7 Å². The molecule has 9 nitrogen and oxygen atoms in total. The molecule has 0 saturated heterocycles. The molecule has 3 rings (SSSR count). The molecule has 10 heteroatoms. The predicted octanol–water partition coefficient (Wildman–Crippen LogP) is 3.45. The quantitative estimate of drug-likeness (QED) is 0.242. The Labute approximate surface area is 208 Å². The van der Waals surface area contributed by atoms with Gasteiger partial charge in [-0.1, -0.05) is 18.0 Å². The van der Waals surface area contributed by atoms with Gasteiger partial charge in [0.25, 0.3) is 0 Å². The number of fused-ring (bicyclic) bond motifs is 1. The number of halogens is 1. The van der Waals surface area contributed by atoms with Gasteiger partial charge in [-0.15, -0.1) is 0 Å². The van der Waals surface area contributed by atoms with Crippen molar-refractivity contribution < 1.29 is 29.3 Å². The number of rotatable bonds is 10. The third-order valence-corrected chi connectivity index (χ3v) is 5.70. The van der Waals surface area contributed by atoms with E-state index in [1.165, 1.54) is 7.11 Å². The molecule has 2 aromatic carbocycles. The second-order valence-corrected chi connectivity index (χ2v) is 8.33. The number of nitrogens with zero attached hydrogens (tertiary/aromatic N) is 1. The number of carboxylic acid groups (broad SMARTS) is 2. The molecule has 3 aromatic rings. The number of nitrogens with two attached hydrogens (primary N) is 2. The number of hydrogen-bond donors (Lipinski definition) is 4. The molecule has 0 radical (unpaired) electrons. The van der Waals surface area contributed by atoms with Gasteiger partial charge in [-0.05, 0) is 62.7 Å². The number of benzene rings is 2. The molecule has 0 aliphatic rings. The number of carboxylic acids is 2. The van der Waals surface area contributed by atoms with Crippen LogP contribution in [0.5, 0.6) is 5.75 Å². The minimum Gasteiger partial charge on any atom is -0.497 e. The minimum absolute atomic E-state index is 0.173. The molecule has 6 N–H and O–H groups in total. The van der Waals surface area contributed by atoms with E-state index in [1.807, 2.05) is 0 Å². The Morgan fingerprint density at radius 1 is 1.09 bits per heavy atom. The summed E-state index contributed by atoms with van der Waals surface area (Å²) >= 11 is 5.89. The highest BCUT2D eigenvalue weighted by atomic mass is 35.5. The van der Waals surface area contributed by atoms with Crippen LogP contribution in [0.15, 0.2) is 42.5 Å². The first kappa shape index (κ1) is 27.8. The summed E-state index contributed by atoms with van der Waals surface area (Å²) in [6, 6.07) is 11.2. The van der Waals surface area contributed by atoms with Crippen molar-refractivity contribution in [2.24, 2.45) is 11.5 Å². The number of hydrogen-bond acceptors (Lipinski definition) is 6. The Balaban J connectivity index is 0.000000367. The summed E-state index contributed by atoms with van der Waals surface area (Å²) in [5.74, 6) is -1.49. The summed E-state index contributed by atoms with van der Waals surface area (Å²) in [5, 5.41) is 18.8. The van der Waals surface area contributed by atoms with Crippen molar-refractivity contribution in [3.8, 4) is 5.75 Å². The lowest BCUT2D eigenvalue weighted by atomic mass is 10.0. The topological polar surface area (TPSA) is 158 Å². The van der Waals surface area contributed by atoms with E-state index in [2.05, 4.69) is 0 Å². The highest BCUT2D eigenvalue weighted by Gasteiger charge is 2.22. The van der Waals surface area contributed by atoms with E-state index in [0.29, 0.717) is 51.5 Å². The summed E-state index contributed by atoms with van der Waals surface area (Å²) in [6.07, 6.45) is 2.16. The summed E-state index contributed by atoms with van der Waals surface area (Å²) < 4.78 is 6.84. The summed E-state index contributed by atoms with van der Waals surface area (Å²) in [6.45, 7) is 2.12. The zero-order valence-electron chi connectivity index (χ0n) is 19.7. The van der Waals surface area contributed by atoms with Crippen LogP contribution >= 0.6 is 11.6 Å². The van der Waals surface area contributed by atoms with Crippen LogP contribution in [0.3, 0.4) is 0 Å². The van der Waals surface area contributed by atoms with Crippen molar-refractivity contribution in [1.29, 1.82) is 0 Å². The molecule has 0 aliphatic carbocycles. The van der Waals surface area contributed by atoms with Crippen LogP contribution < -0.4 is 16.2 Å². The van der Waals surface area contributed by atoms with Crippen LogP contribution in [0.4, 0.5) is 0 Å². The SMILES string of the molecule is COc1ccc2c(C(=O)c3ccc(Cl)cc3)c(C)n(CC(=O)O)c2c1.NCCCCC(N)C(=O)O. The molecule has 35 heavy (non-hydrogen) atoms. The first-order chi connectivity index (χ1) is 16.6. The Bertz CT molecular complexity index is 1190. The Kier molecular flexibility index (Phi) is 10.3. The summed E-state index contributed by atoms with van der Waals surface area (Å²) in [5.41, 5.74) is 12.7. The lowest BCUT2D eigenvalue weighted by Gasteiger charge is -2.06. The predicted molar refractivity (Wildman–Crippen MR) is 134 cm³/mol. The molecule has 0 aliphatic heterocycles. The highest BCUT2D eigenvalue weighted by Crippen LogP contribution is 2.31. The van der Waals surface area contributed by atoms with E-state index in [1.54, 1.807) is 54.0 Å². The number of aromatic nitrogens is 1. The van der Waals surface area contributed by atoms with E-state index in [4.69, 9.17) is 32.9 Å². The first-order valence-electron chi connectivity index (χ1n) is 11.0. The van der Waals surface area contributed by atoms with Crippen molar-refractivity contribution in [2.45, 2.75) is 38.8 Å². The van der Waals surface area contributed by atoms with Crippen LogP contribution in [0.2, 0.25) is 5.02 Å². The molecule has 0 fully saturated rings. The smallest absolute Gasteiger partial charge is 0.323 e. The van der Waals surface area contributed by atoms with Gasteiger partial charge in [0.05, 0.1) is 18.2 Å². The maximum atomic E-state index is 13.0. The van der Waals surface area contributed by atoms with Crippen LogP contribution in [0.1, 0.15) is 40.9 Å². The molecular formula is C25H30ClN3O6. The molecular weight excluding hydrogens is 474 g/mol. The van der Waals surface area contributed by atoms with Crippen LogP contribution in [-0.2, 0) is 16.1 Å².